The Kier molecular flexibility index (Phi) is 8.31. The van der Waals surface area contributed by atoms with Crippen LogP contribution in [0, 0.1) is 0 Å². The summed E-state index contributed by atoms with van der Waals surface area (Å²) in [6.45, 7) is 0.0494. The first kappa shape index (κ1) is 36.3. The summed E-state index contributed by atoms with van der Waals surface area (Å²) in [6, 6.07) is 72.3. The van der Waals surface area contributed by atoms with Crippen LogP contribution in [-0.2, 0) is 6.42 Å². The van der Waals surface area contributed by atoms with Gasteiger partial charge in [-0.15, -0.1) is 0 Å². The van der Waals surface area contributed by atoms with Crippen LogP contribution in [0.5, 0.6) is 23.0 Å². The van der Waals surface area contributed by atoms with Crippen LogP contribution in [0.25, 0.3) is 78.7 Å². The molecule has 0 fully saturated rings. The predicted molar refractivity (Wildman–Crippen MR) is 258 cm³/mol. The molecule has 9 aromatic carbocycles. The SMILES string of the molecule is c1ccc(-c2nc(-c3ccccc3)nc(-c3ccc(-c4cccc5c4Cc4c(-c6cccc(-c7cc8c9c(c7)Oc7ccccc7B9c7ccccc7O8)c6)cccc4-5)cc3)n2)cc1. The molecular formula is C58H36BN3O2. The topological polar surface area (TPSA) is 57.1 Å². The molecule has 3 aliphatic rings. The first-order valence-electron chi connectivity index (χ1n) is 21.7. The van der Waals surface area contributed by atoms with Crippen LogP contribution in [0.2, 0.25) is 0 Å². The summed E-state index contributed by atoms with van der Waals surface area (Å²) < 4.78 is 13.3. The molecule has 5 nitrogen and oxygen atoms in total. The minimum absolute atomic E-state index is 0.0494. The maximum Gasteiger partial charge on any atom is 0.260 e. The van der Waals surface area contributed by atoms with Gasteiger partial charge in [0.15, 0.2) is 17.5 Å². The summed E-state index contributed by atoms with van der Waals surface area (Å²) in [5, 5.41) is 0. The van der Waals surface area contributed by atoms with Crippen LogP contribution in [0.15, 0.2) is 206 Å². The molecule has 0 amide bonds. The lowest BCUT2D eigenvalue weighted by Crippen LogP contribution is -2.57. The molecule has 0 radical (unpaired) electrons. The van der Waals surface area contributed by atoms with Crippen molar-refractivity contribution in [3.63, 3.8) is 0 Å². The van der Waals surface area contributed by atoms with E-state index in [9.17, 15) is 0 Å². The predicted octanol–water partition coefficient (Wildman–Crippen LogP) is 12.2. The summed E-state index contributed by atoms with van der Waals surface area (Å²) in [5.74, 6) is 5.41. The summed E-state index contributed by atoms with van der Waals surface area (Å²) in [5.41, 5.74) is 18.5. The van der Waals surface area contributed by atoms with Crippen molar-refractivity contribution in [2.24, 2.45) is 0 Å². The van der Waals surface area contributed by atoms with E-state index in [1.54, 1.807) is 0 Å². The van der Waals surface area contributed by atoms with Crippen molar-refractivity contribution in [3.05, 3.63) is 217 Å². The zero-order chi connectivity index (χ0) is 42.1. The van der Waals surface area contributed by atoms with Gasteiger partial charge in [-0.05, 0) is 103 Å². The Morgan fingerprint density at radius 3 is 1.30 bits per heavy atom. The summed E-state index contributed by atoms with van der Waals surface area (Å²) in [6.07, 6.45) is 0.836. The number of hydrogen-bond acceptors (Lipinski definition) is 5. The third-order valence-corrected chi connectivity index (χ3v) is 12.9. The summed E-state index contributed by atoms with van der Waals surface area (Å²) >= 11 is 0. The Morgan fingerprint density at radius 1 is 0.312 bits per heavy atom. The molecule has 1 aromatic heterocycles. The number of hydrogen-bond donors (Lipinski definition) is 0. The monoisotopic (exact) mass is 817 g/mol. The van der Waals surface area contributed by atoms with Gasteiger partial charge in [0.2, 0.25) is 0 Å². The van der Waals surface area contributed by atoms with Crippen molar-refractivity contribution >= 4 is 23.1 Å². The first-order chi connectivity index (χ1) is 31.7. The van der Waals surface area contributed by atoms with Gasteiger partial charge >= 0.3 is 0 Å². The van der Waals surface area contributed by atoms with Crippen LogP contribution in [0.3, 0.4) is 0 Å². The largest absolute Gasteiger partial charge is 0.458 e. The molecule has 0 unspecified atom stereocenters. The number of para-hydroxylation sites is 2. The highest BCUT2D eigenvalue weighted by molar-refractivity contribution is 6.98. The van der Waals surface area contributed by atoms with Crippen molar-refractivity contribution in [1.29, 1.82) is 0 Å². The molecule has 6 heteroatoms. The Bertz CT molecular complexity index is 3350. The minimum atomic E-state index is 0.0494. The van der Waals surface area contributed by atoms with Crippen LogP contribution in [0.4, 0.5) is 0 Å². The summed E-state index contributed by atoms with van der Waals surface area (Å²) in [4.78, 5) is 14.8. The molecule has 0 saturated carbocycles. The van der Waals surface area contributed by atoms with Gasteiger partial charge in [0, 0.05) is 22.2 Å². The molecule has 64 heavy (non-hydrogen) atoms. The van der Waals surface area contributed by atoms with Gasteiger partial charge in [0.25, 0.3) is 6.71 Å². The zero-order valence-electron chi connectivity index (χ0n) is 34.6. The third-order valence-electron chi connectivity index (χ3n) is 12.9. The van der Waals surface area contributed by atoms with E-state index in [-0.39, 0.29) is 6.71 Å². The second-order valence-electron chi connectivity index (χ2n) is 16.6. The maximum atomic E-state index is 6.64. The molecule has 298 valence electrons. The molecule has 13 rings (SSSR count). The highest BCUT2D eigenvalue weighted by atomic mass is 16.5. The lowest BCUT2D eigenvalue weighted by Gasteiger charge is -2.33. The minimum Gasteiger partial charge on any atom is -0.458 e. The quantitative estimate of drug-likeness (QED) is 0.156. The number of benzene rings is 9. The van der Waals surface area contributed by atoms with Gasteiger partial charge in [-0.25, -0.2) is 15.0 Å². The van der Waals surface area contributed by atoms with Gasteiger partial charge in [-0.3, -0.25) is 0 Å². The molecule has 0 bridgehead atoms. The lowest BCUT2D eigenvalue weighted by atomic mass is 9.35. The zero-order valence-corrected chi connectivity index (χ0v) is 34.6. The van der Waals surface area contributed by atoms with E-state index in [0.29, 0.717) is 17.5 Å². The Labute approximate surface area is 371 Å². The van der Waals surface area contributed by atoms with E-state index in [4.69, 9.17) is 24.4 Å². The van der Waals surface area contributed by atoms with Gasteiger partial charge in [0.05, 0.1) is 0 Å². The average molecular weight is 818 g/mol. The second kappa shape index (κ2) is 14.6. The van der Waals surface area contributed by atoms with E-state index < -0.39 is 0 Å². The molecule has 1 aliphatic carbocycles. The molecule has 0 saturated heterocycles. The summed E-state index contributed by atoms with van der Waals surface area (Å²) in [7, 11) is 0. The molecule has 10 aromatic rings. The maximum absolute atomic E-state index is 6.64. The van der Waals surface area contributed by atoms with Gasteiger partial charge < -0.3 is 9.47 Å². The molecule has 3 heterocycles. The third kappa shape index (κ3) is 5.99. The van der Waals surface area contributed by atoms with E-state index in [0.717, 1.165) is 79.2 Å². The lowest BCUT2D eigenvalue weighted by molar-refractivity contribution is 0.465. The Morgan fingerprint density at radius 2 is 0.734 bits per heavy atom. The molecule has 0 spiro atoms. The fraction of sp³-hybridized carbons (Fsp3) is 0.0172. The number of aromatic nitrogens is 3. The first-order valence-corrected chi connectivity index (χ1v) is 21.7. The average Bonchev–Trinajstić information content (AvgIpc) is 3.76. The van der Waals surface area contributed by atoms with Crippen LogP contribution in [-0.4, -0.2) is 21.7 Å². The number of fused-ring (bicyclic) bond motifs is 7. The van der Waals surface area contributed by atoms with Crippen LogP contribution >= 0.6 is 0 Å². The van der Waals surface area contributed by atoms with E-state index in [1.165, 1.54) is 38.9 Å². The van der Waals surface area contributed by atoms with Gasteiger partial charge in [0.1, 0.15) is 23.0 Å². The van der Waals surface area contributed by atoms with Gasteiger partial charge in [-0.2, -0.15) is 0 Å². The fourth-order valence-corrected chi connectivity index (χ4v) is 9.94. The standard InChI is InChI=1S/C58H36BN3O2/c1-3-14-37(15-4-1)56-60-57(38-16-5-2-6-17-38)62-58(61-56)39-30-28-36(29-31-39)43-20-12-22-45-46-23-13-21-44(48(46)35-47(43)45)41-19-11-18-40(32-41)42-33-53-55-54(34-42)64-52-27-10-8-25-50(52)59(55)49-24-7-9-26-51(49)63-53/h1-34H,35H2. The molecular weight excluding hydrogens is 781 g/mol. The number of nitrogens with zero attached hydrogens (tertiary/aromatic N) is 3. The number of ether oxygens (including phenoxy) is 2. The van der Waals surface area contributed by atoms with Crippen molar-refractivity contribution in [2.45, 2.75) is 6.42 Å². The van der Waals surface area contributed by atoms with E-state index >= 15 is 0 Å². The van der Waals surface area contributed by atoms with E-state index in [1.807, 2.05) is 72.8 Å². The van der Waals surface area contributed by atoms with Crippen molar-refractivity contribution in [1.82, 2.24) is 15.0 Å². The van der Waals surface area contributed by atoms with Crippen LogP contribution in [0.1, 0.15) is 11.1 Å². The van der Waals surface area contributed by atoms with Crippen molar-refractivity contribution in [3.8, 4) is 102 Å². The molecule has 0 atom stereocenters. The molecule has 0 N–H and O–H groups in total. The normalized spacial score (nSPS) is 12.5. The number of rotatable bonds is 6. The van der Waals surface area contributed by atoms with E-state index in [2.05, 4.69) is 133 Å². The van der Waals surface area contributed by atoms with Crippen molar-refractivity contribution < 1.29 is 9.47 Å². The second-order valence-corrected chi connectivity index (χ2v) is 16.6. The smallest absolute Gasteiger partial charge is 0.260 e. The Hall–Kier alpha value is -8.35. The Balaban J connectivity index is 0.834. The fourth-order valence-electron chi connectivity index (χ4n) is 9.94. The van der Waals surface area contributed by atoms with Crippen LogP contribution < -0.4 is 25.9 Å². The van der Waals surface area contributed by atoms with Crippen molar-refractivity contribution in [2.75, 3.05) is 0 Å². The van der Waals surface area contributed by atoms with Gasteiger partial charge in [-0.1, -0.05) is 176 Å². The highest BCUT2D eigenvalue weighted by Gasteiger charge is 2.40. The molecule has 2 aliphatic heterocycles. The highest BCUT2D eigenvalue weighted by Crippen LogP contribution is 2.46.